The molecule has 0 radical (unpaired) electrons. The summed E-state index contributed by atoms with van der Waals surface area (Å²) in [6.45, 7) is -1.11. The zero-order valence-corrected chi connectivity index (χ0v) is 8.58. The number of nitrogens with one attached hydrogen (secondary N) is 1. The summed E-state index contributed by atoms with van der Waals surface area (Å²) in [5.74, 6) is 0.182. The molecular weight excluding hydrogens is 214 g/mol. The summed E-state index contributed by atoms with van der Waals surface area (Å²) in [7, 11) is 0. The molecule has 2 rings (SSSR count). The molecule has 0 aliphatic carbocycles. The molecule has 2 aromatic rings. The van der Waals surface area contributed by atoms with Crippen LogP contribution in [-0.2, 0) is 0 Å². The first-order chi connectivity index (χ1) is 7.68. The van der Waals surface area contributed by atoms with E-state index in [-0.39, 0.29) is 5.75 Å². The van der Waals surface area contributed by atoms with E-state index in [1.54, 1.807) is 31.3 Å². The van der Waals surface area contributed by atoms with Crippen LogP contribution in [0.25, 0.3) is 11.3 Å². The van der Waals surface area contributed by atoms with Crippen LogP contribution in [-0.4, -0.2) is 16.6 Å². The van der Waals surface area contributed by atoms with Crippen molar-refractivity contribution < 1.29 is 13.5 Å². The van der Waals surface area contributed by atoms with Crippen molar-refractivity contribution in [2.24, 2.45) is 0 Å². The highest BCUT2D eigenvalue weighted by Gasteiger charge is 2.14. The van der Waals surface area contributed by atoms with Crippen LogP contribution in [0.2, 0.25) is 0 Å². The number of hydrogen-bond acceptors (Lipinski definition) is 2. The van der Waals surface area contributed by atoms with Crippen molar-refractivity contribution in [2.45, 2.75) is 13.5 Å². The van der Waals surface area contributed by atoms with E-state index in [1.165, 1.54) is 6.33 Å². The van der Waals surface area contributed by atoms with Gasteiger partial charge >= 0.3 is 6.61 Å². The van der Waals surface area contributed by atoms with E-state index in [0.717, 1.165) is 0 Å². The number of benzene rings is 1. The minimum Gasteiger partial charge on any atom is -0.434 e. The van der Waals surface area contributed by atoms with Crippen molar-refractivity contribution in [3.63, 3.8) is 0 Å². The van der Waals surface area contributed by atoms with Crippen LogP contribution < -0.4 is 4.74 Å². The Bertz CT molecular complexity index is 469. The molecule has 0 atom stereocenters. The average molecular weight is 224 g/mol. The zero-order chi connectivity index (χ0) is 11.5. The zero-order valence-electron chi connectivity index (χ0n) is 8.58. The van der Waals surface area contributed by atoms with Gasteiger partial charge in [0.05, 0.1) is 18.2 Å². The molecular formula is C11H10F2N2O. The van der Waals surface area contributed by atoms with E-state index in [1.807, 2.05) is 0 Å². The fourth-order valence-corrected chi connectivity index (χ4v) is 1.51. The van der Waals surface area contributed by atoms with Crippen molar-refractivity contribution in [3.05, 3.63) is 36.3 Å². The highest BCUT2D eigenvalue weighted by atomic mass is 19.3. The molecule has 5 heteroatoms. The Labute approximate surface area is 91.1 Å². The Balaban J connectivity index is 2.48. The van der Waals surface area contributed by atoms with Gasteiger partial charge in [-0.15, -0.1) is 0 Å². The van der Waals surface area contributed by atoms with Crippen LogP contribution in [0.3, 0.4) is 0 Å². The molecule has 84 valence electrons. The molecule has 0 bridgehead atoms. The van der Waals surface area contributed by atoms with E-state index < -0.39 is 6.61 Å². The summed E-state index contributed by atoms with van der Waals surface area (Å²) < 4.78 is 29.1. The Morgan fingerprint density at radius 1 is 1.38 bits per heavy atom. The molecule has 0 saturated heterocycles. The predicted octanol–water partition coefficient (Wildman–Crippen LogP) is 2.99. The molecule has 1 heterocycles. The number of alkyl halides is 2. The number of para-hydroxylation sites is 1. The second kappa shape index (κ2) is 4.30. The largest absolute Gasteiger partial charge is 0.434 e. The van der Waals surface area contributed by atoms with Crippen LogP contribution in [0.5, 0.6) is 5.75 Å². The van der Waals surface area contributed by atoms with E-state index >= 15 is 0 Å². The predicted molar refractivity (Wildman–Crippen MR) is 55.4 cm³/mol. The minimum atomic E-state index is -2.83. The third-order valence-corrected chi connectivity index (χ3v) is 2.21. The minimum absolute atomic E-state index is 0.182. The molecule has 3 nitrogen and oxygen atoms in total. The molecule has 0 fully saturated rings. The van der Waals surface area contributed by atoms with E-state index in [2.05, 4.69) is 14.7 Å². The normalized spacial score (nSPS) is 10.8. The average Bonchev–Trinajstić information content (AvgIpc) is 2.73. The summed E-state index contributed by atoms with van der Waals surface area (Å²) in [5.41, 5.74) is 1.89. The number of halogens is 2. The van der Waals surface area contributed by atoms with Gasteiger partial charge in [-0.25, -0.2) is 4.98 Å². The highest BCUT2D eigenvalue weighted by molar-refractivity contribution is 5.68. The lowest BCUT2D eigenvalue weighted by Crippen LogP contribution is -2.04. The monoisotopic (exact) mass is 224 g/mol. The number of hydrogen-bond donors (Lipinski definition) is 1. The number of aryl methyl sites for hydroxylation is 1. The topological polar surface area (TPSA) is 37.9 Å². The van der Waals surface area contributed by atoms with Crippen molar-refractivity contribution in [1.29, 1.82) is 0 Å². The number of imidazole rings is 1. The van der Waals surface area contributed by atoms with Crippen molar-refractivity contribution in [1.82, 2.24) is 9.97 Å². The van der Waals surface area contributed by atoms with E-state index in [4.69, 9.17) is 0 Å². The summed E-state index contributed by atoms with van der Waals surface area (Å²) in [4.78, 5) is 6.71. The number of nitrogens with zero attached hydrogens (tertiary/aromatic N) is 1. The lowest BCUT2D eigenvalue weighted by molar-refractivity contribution is -0.0499. The Kier molecular flexibility index (Phi) is 2.85. The number of aromatic nitrogens is 2. The molecule has 0 spiro atoms. The third-order valence-electron chi connectivity index (χ3n) is 2.21. The second-order valence-electron chi connectivity index (χ2n) is 3.30. The van der Waals surface area contributed by atoms with Crippen LogP contribution in [0.4, 0.5) is 8.78 Å². The van der Waals surface area contributed by atoms with Gasteiger partial charge in [0.15, 0.2) is 0 Å². The van der Waals surface area contributed by atoms with E-state index in [9.17, 15) is 8.78 Å². The Morgan fingerprint density at radius 2 is 2.19 bits per heavy atom. The van der Waals surface area contributed by atoms with Crippen LogP contribution in [0.1, 0.15) is 5.56 Å². The molecule has 1 N–H and O–H groups in total. The first-order valence-corrected chi connectivity index (χ1v) is 4.71. The van der Waals surface area contributed by atoms with Gasteiger partial charge in [0.2, 0.25) is 0 Å². The quantitative estimate of drug-likeness (QED) is 0.870. The summed E-state index contributed by atoms with van der Waals surface area (Å²) >= 11 is 0. The first kappa shape index (κ1) is 10.6. The lowest BCUT2D eigenvalue weighted by Gasteiger charge is -2.11. The highest BCUT2D eigenvalue weighted by Crippen LogP contribution is 2.32. The second-order valence-corrected chi connectivity index (χ2v) is 3.30. The molecule has 0 unspecified atom stereocenters. The third kappa shape index (κ3) is 2.03. The maximum absolute atomic E-state index is 12.3. The van der Waals surface area contributed by atoms with Crippen molar-refractivity contribution >= 4 is 0 Å². The van der Waals surface area contributed by atoms with Crippen LogP contribution >= 0.6 is 0 Å². The Morgan fingerprint density at radius 3 is 2.81 bits per heavy atom. The summed E-state index contributed by atoms with van der Waals surface area (Å²) in [6.07, 6.45) is 3.05. The summed E-state index contributed by atoms with van der Waals surface area (Å²) in [5, 5.41) is 0. The fourth-order valence-electron chi connectivity index (χ4n) is 1.51. The van der Waals surface area contributed by atoms with Gasteiger partial charge in [-0.05, 0) is 18.6 Å². The van der Waals surface area contributed by atoms with E-state index in [0.29, 0.717) is 16.8 Å². The maximum Gasteiger partial charge on any atom is 0.387 e. The number of H-pyrrole nitrogens is 1. The molecule has 0 amide bonds. The summed E-state index contributed by atoms with van der Waals surface area (Å²) in [6, 6.07) is 5.21. The standard InChI is InChI=1S/C11H10F2N2O/c1-7-3-2-4-8(9-5-14-6-15-9)10(7)16-11(12)13/h2-6,11H,1H3,(H,14,15). The molecule has 1 aromatic carbocycles. The van der Waals surface area contributed by atoms with Crippen LogP contribution in [0, 0.1) is 6.92 Å². The smallest absolute Gasteiger partial charge is 0.387 e. The number of rotatable bonds is 3. The van der Waals surface area contributed by atoms with Crippen molar-refractivity contribution in [2.75, 3.05) is 0 Å². The van der Waals surface area contributed by atoms with Crippen LogP contribution in [0.15, 0.2) is 30.7 Å². The van der Waals surface area contributed by atoms with Gasteiger partial charge in [-0.2, -0.15) is 8.78 Å². The van der Waals surface area contributed by atoms with Gasteiger partial charge in [-0.3, -0.25) is 0 Å². The van der Waals surface area contributed by atoms with Crippen molar-refractivity contribution in [3.8, 4) is 17.0 Å². The van der Waals surface area contributed by atoms with Gasteiger partial charge in [-0.1, -0.05) is 12.1 Å². The number of aromatic amines is 1. The molecule has 0 aliphatic heterocycles. The van der Waals surface area contributed by atoms with Gasteiger partial charge in [0.25, 0.3) is 0 Å². The molecule has 0 saturated carbocycles. The molecule has 16 heavy (non-hydrogen) atoms. The number of ether oxygens (including phenoxy) is 1. The van der Waals surface area contributed by atoms with Gasteiger partial charge in [0, 0.05) is 5.56 Å². The van der Waals surface area contributed by atoms with Gasteiger partial charge in [0.1, 0.15) is 5.75 Å². The fraction of sp³-hybridized carbons (Fsp3) is 0.182. The molecule has 0 aliphatic rings. The SMILES string of the molecule is Cc1cccc(-c2cnc[nH]2)c1OC(F)F. The maximum atomic E-state index is 12.3. The Hall–Kier alpha value is -1.91. The lowest BCUT2D eigenvalue weighted by atomic mass is 10.1. The molecule has 1 aromatic heterocycles. The first-order valence-electron chi connectivity index (χ1n) is 4.71. The van der Waals surface area contributed by atoms with Gasteiger partial charge < -0.3 is 9.72 Å².